The van der Waals surface area contributed by atoms with Gasteiger partial charge in [0.1, 0.15) is 17.6 Å². The Bertz CT molecular complexity index is 869. The summed E-state index contributed by atoms with van der Waals surface area (Å²) in [6.07, 6.45) is 0.796. The molecular weight excluding hydrogens is 404 g/mol. The molecule has 3 rings (SSSR count). The first-order chi connectivity index (χ1) is 11.8. The first kappa shape index (κ1) is 18.1. The van der Waals surface area contributed by atoms with Crippen LogP contribution in [-0.2, 0) is 11.2 Å². The van der Waals surface area contributed by atoms with E-state index in [9.17, 15) is 9.59 Å². The van der Waals surface area contributed by atoms with E-state index in [0.29, 0.717) is 18.6 Å². The van der Waals surface area contributed by atoms with Crippen molar-refractivity contribution in [2.24, 2.45) is 0 Å². The fourth-order valence-electron chi connectivity index (χ4n) is 3.18. The Labute approximate surface area is 159 Å². The van der Waals surface area contributed by atoms with Crippen LogP contribution in [0.3, 0.4) is 0 Å². The molecule has 0 saturated carbocycles. The molecule has 1 aliphatic heterocycles. The number of rotatable bonds is 4. The molecule has 0 saturated heterocycles. The zero-order valence-corrected chi connectivity index (χ0v) is 17.0. The van der Waals surface area contributed by atoms with Gasteiger partial charge in [-0.05, 0) is 65.5 Å². The number of thiophene rings is 1. The van der Waals surface area contributed by atoms with E-state index in [1.807, 2.05) is 32.9 Å². The summed E-state index contributed by atoms with van der Waals surface area (Å²) in [6.45, 7) is 7.22. The lowest BCUT2D eigenvalue weighted by Crippen LogP contribution is -2.18. The lowest BCUT2D eigenvalue weighted by molar-refractivity contribution is -0.131. The number of carbonyl (C=O) groups is 2. The van der Waals surface area contributed by atoms with Gasteiger partial charge in [-0.3, -0.25) is 9.59 Å². The van der Waals surface area contributed by atoms with Gasteiger partial charge in [0.05, 0.1) is 8.66 Å². The molecule has 132 valence electrons. The molecule has 0 bridgehead atoms. The van der Waals surface area contributed by atoms with Crippen LogP contribution < -0.4 is 9.47 Å². The molecule has 0 spiro atoms. The highest BCUT2D eigenvalue weighted by atomic mass is 79.9. The predicted molar refractivity (Wildman–Crippen MR) is 101 cm³/mol. The highest BCUT2D eigenvalue weighted by Crippen LogP contribution is 2.43. The molecule has 1 unspecified atom stereocenters. The molecule has 4 nitrogen and oxygen atoms in total. The highest BCUT2D eigenvalue weighted by Gasteiger charge is 2.31. The van der Waals surface area contributed by atoms with Gasteiger partial charge in [0, 0.05) is 25.3 Å². The fourth-order valence-corrected chi connectivity index (χ4v) is 4.51. The van der Waals surface area contributed by atoms with Gasteiger partial charge >= 0.3 is 5.97 Å². The number of Topliss-reactive ketones (excluding diaryl/α,β-unsaturated/α-hetero) is 1. The average Bonchev–Trinajstić information content (AvgIpc) is 3.16. The molecule has 0 radical (unpaired) electrons. The number of esters is 1. The summed E-state index contributed by atoms with van der Waals surface area (Å²) < 4.78 is 12.4. The van der Waals surface area contributed by atoms with Crippen molar-refractivity contribution in [3.05, 3.63) is 43.1 Å². The topological polar surface area (TPSA) is 52.6 Å². The van der Waals surface area contributed by atoms with Crippen molar-refractivity contribution in [2.75, 3.05) is 0 Å². The maximum atomic E-state index is 12.5. The molecule has 0 N–H and O–H groups in total. The summed E-state index contributed by atoms with van der Waals surface area (Å²) >= 11 is 4.82. The third-order valence-corrected chi connectivity index (χ3v) is 6.20. The molecule has 2 aromatic rings. The van der Waals surface area contributed by atoms with Crippen molar-refractivity contribution in [1.82, 2.24) is 0 Å². The van der Waals surface area contributed by atoms with Crippen molar-refractivity contribution in [3.63, 3.8) is 0 Å². The number of ketones is 1. The van der Waals surface area contributed by atoms with Gasteiger partial charge in [-0.25, -0.2) is 0 Å². The van der Waals surface area contributed by atoms with Crippen LogP contribution >= 0.6 is 27.3 Å². The number of carbonyl (C=O) groups excluding carboxylic acids is 2. The number of fused-ring (bicyclic) bond motifs is 1. The Hall–Kier alpha value is -1.66. The van der Waals surface area contributed by atoms with Crippen LogP contribution in [0.1, 0.15) is 45.3 Å². The molecule has 2 heterocycles. The van der Waals surface area contributed by atoms with Crippen molar-refractivity contribution in [2.45, 2.75) is 46.6 Å². The second-order valence-corrected chi connectivity index (χ2v) is 8.74. The number of hydrogen-bond donors (Lipinski definition) is 0. The van der Waals surface area contributed by atoms with Crippen molar-refractivity contribution < 1.29 is 19.1 Å². The normalized spacial score (nSPS) is 15.6. The Morgan fingerprint density at radius 2 is 1.96 bits per heavy atom. The highest BCUT2D eigenvalue weighted by molar-refractivity contribution is 9.11. The number of halogens is 1. The van der Waals surface area contributed by atoms with Gasteiger partial charge in [0.15, 0.2) is 5.78 Å². The van der Waals surface area contributed by atoms with Crippen LogP contribution in [0.25, 0.3) is 0 Å². The first-order valence-electron chi connectivity index (χ1n) is 8.04. The zero-order chi connectivity index (χ0) is 18.3. The molecule has 0 fully saturated rings. The SMILES string of the molecule is CC(=O)Oc1c(C)c(C)c2c(c1C)CC(CC(=O)c1ccc(Br)s1)O2. The molecule has 1 atom stereocenters. The second-order valence-electron chi connectivity index (χ2n) is 6.28. The number of hydrogen-bond acceptors (Lipinski definition) is 5. The van der Waals surface area contributed by atoms with E-state index < -0.39 is 0 Å². The van der Waals surface area contributed by atoms with Crippen LogP contribution in [-0.4, -0.2) is 17.9 Å². The lowest BCUT2D eigenvalue weighted by atomic mass is 9.95. The summed E-state index contributed by atoms with van der Waals surface area (Å²) in [4.78, 5) is 24.6. The third kappa shape index (κ3) is 3.51. The van der Waals surface area contributed by atoms with Crippen LogP contribution in [0.15, 0.2) is 15.9 Å². The van der Waals surface area contributed by atoms with Gasteiger partial charge in [-0.15, -0.1) is 11.3 Å². The Kier molecular flexibility index (Phi) is 5.02. The van der Waals surface area contributed by atoms with Crippen LogP contribution in [0.5, 0.6) is 11.5 Å². The van der Waals surface area contributed by atoms with Gasteiger partial charge < -0.3 is 9.47 Å². The minimum atomic E-state index is -0.334. The first-order valence-corrected chi connectivity index (χ1v) is 9.65. The summed E-state index contributed by atoms with van der Waals surface area (Å²) in [5, 5.41) is 0. The molecule has 0 aliphatic carbocycles. The van der Waals surface area contributed by atoms with E-state index in [1.54, 1.807) is 0 Å². The Morgan fingerprint density at radius 1 is 1.24 bits per heavy atom. The molecule has 1 aromatic carbocycles. The quantitative estimate of drug-likeness (QED) is 0.397. The summed E-state index contributed by atoms with van der Waals surface area (Å²) in [5.41, 5.74) is 3.82. The molecule has 1 aromatic heterocycles. The van der Waals surface area contributed by atoms with E-state index in [0.717, 1.165) is 36.7 Å². The summed E-state index contributed by atoms with van der Waals surface area (Å²) in [5.74, 6) is 1.19. The Morgan fingerprint density at radius 3 is 2.56 bits per heavy atom. The molecule has 6 heteroatoms. The van der Waals surface area contributed by atoms with Crippen LogP contribution in [0.2, 0.25) is 0 Å². The summed E-state index contributed by atoms with van der Waals surface area (Å²) in [7, 11) is 0. The van der Waals surface area contributed by atoms with E-state index in [4.69, 9.17) is 9.47 Å². The fraction of sp³-hybridized carbons (Fsp3) is 0.368. The van der Waals surface area contributed by atoms with Crippen LogP contribution in [0, 0.1) is 20.8 Å². The smallest absolute Gasteiger partial charge is 0.308 e. The maximum absolute atomic E-state index is 12.5. The van der Waals surface area contributed by atoms with Crippen molar-refractivity contribution in [3.8, 4) is 11.5 Å². The van der Waals surface area contributed by atoms with Gasteiger partial charge in [0.25, 0.3) is 0 Å². The zero-order valence-electron chi connectivity index (χ0n) is 14.6. The van der Waals surface area contributed by atoms with E-state index in [2.05, 4.69) is 15.9 Å². The monoisotopic (exact) mass is 422 g/mol. The van der Waals surface area contributed by atoms with Crippen molar-refractivity contribution in [1.29, 1.82) is 0 Å². The van der Waals surface area contributed by atoms with Gasteiger partial charge in [-0.2, -0.15) is 0 Å². The average molecular weight is 423 g/mol. The largest absolute Gasteiger partial charge is 0.489 e. The third-order valence-electron chi connectivity index (χ3n) is 4.53. The predicted octanol–water partition coefficient (Wildman–Crippen LogP) is 4.94. The lowest BCUT2D eigenvalue weighted by Gasteiger charge is -2.16. The molecule has 25 heavy (non-hydrogen) atoms. The molecule has 1 aliphatic rings. The van der Waals surface area contributed by atoms with Gasteiger partial charge in [-0.1, -0.05) is 0 Å². The second kappa shape index (κ2) is 6.92. The van der Waals surface area contributed by atoms with E-state index in [-0.39, 0.29) is 17.9 Å². The standard InChI is InChI=1S/C19H19BrO4S/c1-9-10(2)19-14(11(3)18(9)23-12(4)21)7-13(24-19)8-15(22)16-5-6-17(20)25-16/h5-6,13H,7-8H2,1-4H3. The Balaban J connectivity index is 1.85. The summed E-state index contributed by atoms with van der Waals surface area (Å²) in [6, 6.07) is 3.71. The van der Waals surface area contributed by atoms with E-state index >= 15 is 0 Å². The minimum Gasteiger partial charge on any atom is -0.489 e. The minimum absolute atomic E-state index is 0.0840. The van der Waals surface area contributed by atoms with E-state index in [1.165, 1.54) is 18.3 Å². The molecule has 0 amide bonds. The molecular formula is C19H19BrO4S. The number of ether oxygens (including phenoxy) is 2. The number of benzene rings is 1. The van der Waals surface area contributed by atoms with Crippen molar-refractivity contribution >= 4 is 39.0 Å². The van der Waals surface area contributed by atoms with Gasteiger partial charge in [0.2, 0.25) is 0 Å². The van der Waals surface area contributed by atoms with Crippen LogP contribution in [0.4, 0.5) is 0 Å². The maximum Gasteiger partial charge on any atom is 0.308 e.